The van der Waals surface area contributed by atoms with Crippen molar-refractivity contribution in [3.63, 3.8) is 0 Å². The molecule has 0 radical (unpaired) electrons. The number of carbonyl (C=O) groups excluding carboxylic acids is 1. The van der Waals surface area contributed by atoms with Crippen LogP contribution in [0.3, 0.4) is 0 Å². The number of benzene rings is 1. The highest BCUT2D eigenvalue weighted by Crippen LogP contribution is 2.16. The Morgan fingerprint density at radius 2 is 1.88 bits per heavy atom. The van der Waals surface area contributed by atoms with Crippen molar-refractivity contribution in [1.82, 2.24) is 10.3 Å². The molecule has 1 aromatic heterocycles. The second-order valence-electron chi connectivity index (χ2n) is 5.17. The molecular formula is C18H23N3O3. The zero-order valence-electron chi connectivity index (χ0n) is 14.0. The molecule has 6 nitrogen and oxygen atoms in total. The van der Waals surface area contributed by atoms with Crippen LogP contribution in [0.2, 0.25) is 0 Å². The molecular weight excluding hydrogens is 306 g/mol. The van der Waals surface area contributed by atoms with Crippen LogP contribution in [0.25, 0.3) is 0 Å². The third-order valence-corrected chi connectivity index (χ3v) is 3.30. The highest BCUT2D eigenvalue weighted by Gasteiger charge is 2.06. The Hall–Kier alpha value is -2.76. The lowest BCUT2D eigenvalue weighted by Gasteiger charge is -2.09. The van der Waals surface area contributed by atoms with Gasteiger partial charge in [-0.25, -0.2) is 0 Å². The predicted octanol–water partition coefficient (Wildman–Crippen LogP) is 2.72. The molecule has 0 fully saturated rings. The molecule has 0 saturated heterocycles. The maximum absolute atomic E-state index is 12.1. The molecule has 1 aromatic carbocycles. The summed E-state index contributed by atoms with van der Waals surface area (Å²) < 4.78 is 10.7. The van der Waals surface area contributed by atoms with Gasteiger partial charge in [0.25, 0.3) is 5.91 Å². The third-order valence-electron chi connectivity index (χ3n) is 3.30. The first-order valence-electron chi connectivity index (χ1n) is 7.97. The van der Waals surface area contributed by atoms with Crippen LogP contribution in [0.5, 0.6) is 11.5 Å². The zero-order valence-corrected chi connectivity index (χ0v) is 14.0. The number of carbonyl (C=O) groups is 1. The largest absolute Gasteiger partial charge is 0.497 e. The van der Waals surface area contributed by atoms with Gasteiger partial charge in [0.15, 0.2) is 0 Å². The van der Waals surface area contributed by atoms with Crippen LogP contribution >= 0.6 is 0 Å². The lowest BCUT2D eigenvalue weighted by atomic mass is 10.2. The normalized spacial score (nSPS) is 10.1. The summed E-state index contributed by atoms with van der Waals surface area (Å²) in [4.78, 5) is 16.2. The minimum absolute atomic E-state index is 0.166. The predicted molar refractivity (Wildman–Crippen MR) is 93.8 cm³/mol. The molecule has 2 rings (SSSR count). The number of hydrogen-bond acceptors (Lipinski definition) is 5. The van der Waals surface area contributed by atoms with E-state index < -0.39 is 0 Å². The molecule has 1 heterocycles. The molecule has 1 amide bonds. The summed E-state index contributed by atoms with van der Waals surface area (Å²) in [5.41, 5.74) is 1.37. The highest BCUT2D eigenvalue weighted by molar-refractivity contribution is 5.94. The van der Waals surface area contributed by atoms with Gasteiger partial charge in [-0.2, -0.15) is 0 Å². The molecule has 128 valence electrons. The summed E-state index contributed by atoms with van der Waals surface area (Å²) in [6.45, 7) is 3.74. The molecule has 0 saturated carbocycles. The SMILES string of the molecule is CCCNc1cncc(C(=O)NCCOc2ccc(OC)cc2)c1. The smallest absolute Gasteiger partial charge is 0.253 e. The highest BCUT2D eigenvalue weighted by atomic mass is 16.5. The molecule has 0 atom stereocenters. The monoisotopic (exact) mass is 329 g/mol. The van der Waals surface area contributed by atoms with Crippen LogP contribution in [0, 0.1) is 0 Å². The van der Waals surface area contributed by atoms with Crippen molar-refractivity contribution in [3.05, 3.63) is 48.3 Å². The minimum Gasteiger partial charge on any atom is -0.497 e. The second kappa shape index (κ2) is 9.39. The zero-order chi connectivity index (χ0) is 17.2. The van der Waals surface area contributed by atoms with Gasteiger partial charge < -0.3 is 20.1 Å². The second-order valence-corrected chi connectivity index (χ2v) is 5.17. The van der Waals surface area contributed by atoms with Gasteiger partial charge in [0.05, 0.1) is 24.9 Å². The van der Waals surface area contributed by atoms with E-state index >= 15 is 0 Å². The summed E-state index contributed by atoms with van der Waals surface area (Å²) in [6, 6.07) is 9.10. The number of nitrogens with zero attached hydrogens (tertiary/aromatic N) is 1. The lowest BCUT2D eigenvalue weighted by Crippen LogP contribution is -2.28. The number of nitrogens with one attached hydrogen (secondary N) is 2. The van der Waals surface area contributed by atoms with E-state index in [0.717, 1.165) is 30.2 Å². The molecule has 6 heteroatoms. The standard InChI is InChI=1S/C18H23N3O3/c1-3-8-20-15-11-14(12-19-13-15)18(22)21-9-10-24-17-6-4-16(23-2)5-7-17/h4-7,11-13,20H,3,8-10H2,1-2H3,(H,21,22). The van der Waals surface area contributed by atoms with Crippen molar-refractivity contribution < 1.29 is 14.3 Å². The number of rotatable bonds is 9. The van der Waals surface area contributed by atoms with E-state index in [1.807, 2.05) is 24.3 Å². The summed E-state index contributed by atoms with van der Waals surface area (Å²) in [7, 11) is 1.62. The summed E-state index contributed by atoms with van der Waals surface area (Å²) >= 11 is 0. The van der Waals surface area contributed by atoms with Gasteiger partial charge in [0.1, 0.15) is 18.1 Å². The fourth-order valence-corrected chi connectivity index (χ4v) is 2.04. The van der Waals surface area contributed by atoms with Gasteiger partial charge in [0, 0.05) is 18.9 Å². The van der Waals surface area contributed by atoms with Crippen molar-refractivity contribution in [1.29, 1.82) is 0 Å². The molecule has 0 aliphatic rings. The first-order chi connectivity index (χ1) is 11.7. The summed E-state index contributed by atoms with van der Waals surface area (Å²) in [6.07, 6.45) is 4.27. The number of aromatic nitrogens is 1. The van der Waals surface area contributed by atoms with E-state index in [1.165, 1.54) is 0 Å². The minimum atomic E-state index is -0.166. The molecule has 24 heavy (non-hydrogen) atoms. The summed E-state index contributed by atoms with van der Waals surface area (Å²) in [5.74, 6) is 1.35. The summed E-state index contributed by atoms with van der Waals surface area (Å²) in [5, 5.41) is 6.03. The van der Waals surface area contributed by atoms with E-state index in [-0.39, 0.29) is 5.91 Å². The van der Waals surface area contributed by atoms with Gasteiger partial charge in [-0.15, -0.1) is 0 Å². The third kappa shape index (κ3) is 5.46. The lowest BCUT2D eigenvalue weighted by molar-refractivity contribution is 0.0946. The Labute approximate surface area is 142 Å². The average Bonchev–Trinajstić information content (AvgIpc) is 2.64. The Morgan fingerprint density at radius 3 is 2.58 bits per heavy atom. The fraction of sp³-hybridized carbons (Fsp3) is 0.333. The van der Waals surface area contributed by atoms with Crippen LogP contribution in [0.4, 0.5) is 5.69 Å². The number of pyridine rings is 1. The molecule has 0 unspecified atom stereocenters. The first kappa shape index (κ1) is 17.6. The van der Waals surface area contributed by atoms with E-state index in [1.54, 1.807) is 25.6 Å². The van der Waals surface area contributed by atoms with E-state index in [2.05, 4.69) is 22.5 Å². The van der Waals surface area contributed by atoms with Gasteiger partial charge >= 0.3 is 0 Å². The van der Waals surface area contributed by atoms with Crippen LogP contribution < -0.4 is 20.1 Å². The van der Waals surface area contributed by atoms with Gasteiger partial charge in [-0.3, -0.25) is 9.78 Å². The van der Waals surface area contributed by atoms with Crippen molar-refractivity contribution in [3.8, 4) is 11.5 Å². The Morgan fingerprint density at radius 1 is 1.12 bits per heavy atom. The Kier molecular flexibility index (Phi) is 6.89. The maximum Gasteiger partial charge on any atom is 0.253 e. The number of ether oxygens (including phenoxy) is 2. The van der Waals surface area contributed by atoms with Crippen molar-refractivity contribution >= 4 is 11.6 Å². The Bertz CT molecular complexity index is 644. The fourth-order valence-electron chi connectivity index (χ4n) is 2.04. The van der Waals surface area contributed by atoms with E-state index in [0.29, 0.717) is 18.7 Å². The quantitative estimate of drug-likeness (QED) is 0.692. The van der Waals surface area contributed by atoms with Crippen LogP contribution in [-0.2, 0) is 0 Å². The van der Waals surface area contributed by atoms with Crippen molar-refractivity contribution in [2.75, 3.05) is 32.1 Å². The maximum atomic E-state index is 12.1. The van der Waals surface area contributed by atoms with Gasteiger partial charge in [0.2, 0.25) is 0 Å². The van der Waals surface area contributed by atoms with Crippen LogP contribution in [0.1, 0.15) is 23.7 Å². The molecule has 2 N–H and O–H groups in total. The van der Waals surface area contributed by atoms with E-state index in [4.69, 9.17) is 9.47 Å². The molecule has 2 aromatic rings. The van der Waals surface area contributed by atoms with Crippen LogP contribution in [-0.4, -0.2) is 37.7 Å². The number of amides is 1. The molecule has 0 bridgehead atoms. The van der Waals surface area contributed by atoms with Crippen LogP contribution in [0.15, 0.2) is 42.7 Å². The number of methoxy groups -OCH3 is 1. The number of hydrogen-bond donors (Lipinski definition) is 2. The van der Waals surface area contributed by atoms with Crippen molar-refractivity contribution in [2.45, 2.75) is 13.3 Å². The molecule has 0 aliphatic heterocycles. The first-order valence-corrected chi connectivity index (χ1v) is 7.97. The topological polar surface area (TPSA) is 72.5 Å². The molecule has 0 aliphatic carbocycles. The number of anilines is 1. The average molecular weight is 329 g/mol. The molecule has 0 spiro atoms. The van der Waals surface area contributed by atoms with Crippen molar-refractivity contribution in [2.24, 2.45) is 0 Å². The Balaban J connectivity index is 1.76. The van der Waals surface area contributed by atoms with E-state index in [9.17, 15) is 4.79 Å². The van der Waals surface area contributed by atoms with Gasteiger partial charge in [-0.1, -0.05) is 6.92 Å². The van der Waals surface area contributed by atoms with Gasteiger partial charge in [-0.05, 0) is 36.8 Å².